The normalized spacial score (nSPS) is 21.5. The molecule has 0 aliphatic carbocycles. The number of aromatic nitrogens is 2. The summed E-state index contributed by atoms with van der Waals surface area (Å²) in [5.41, 5.74) is -0.135. The molecule has 5 heteroatoms. The Morgan fingerprint density at radius 2 is 2.57 bits per heavy atom. The molecule has 1 fully saturated rings. The molecule has 76 valence electrons. The summed E-state index contributed by atoms with van der Waals surface area (Å²) >= 11 is 5.82. The van der Waals surface area contributed by atoms with E-state index in [9.17, 15) is 4.79 Å². The van der Waals surface area contributed by atoms with Crippen LogP contribution >= 0.6 is 11.6 Å². The van der Waals surface area contributed by atoms with E-state index in [0.29, 0.717) is 11.7 Å². The summed E-state index contributed by atoms with van der Waals surface area (Å²) < 4.78 is 0. The third kappa shape index (κ3) is 1.62. The Hall–Kier alpha value is -1.03. The Bertz CT molecular complexity index is 365. The lowest BCUT2D eigenvalue weighted by atomic mass is 10.2. The number of halogens is 1. The van der Waals surface area contributed by atoms with E-state index < -0.39 is 0 Å². The van der Waals surface area contributed by atoms with Gasteiger partial charge in [-0.3, -0.25) is 4.79 Å². The van der Waals surface area contributed by atoms with Crippen LogP contribution in [0.15, 0.2) is 17.2 Å². The minimum absolute atomic E-state index is 0.135. The van der Waals surface area contributed by atoms with E-state index >= 15 is 0 Å². The fourth-order valence-corrected chi connectivity index (χ4v) is 2.14. The first kappa shape index (κ1) is 9.52. The summed E-state index contributed by atoms with van der Waals surface area (Å²) in [7, 11) is 0. The average molecular weight is 214 g/mol. The van der Waals surface area contributed by atoms with Gasteiger partial charge in [-0.15, -0.1) is 11.6 Å². The first-order valence-electron chi connectivity index (χ1n) is 4.69. The zero-order valence-electron chi connectivity index (χ0n) is 7.74. The lowest BCUT2D eigenvalue weighted by molar-refractivity contribution is 0.728. The molecule has 1 aliphatic heterocycles. The lowest BCUT2D eigenvalue weighted by Gasteiger charge is -2.22. The van der Waals surface area contributed by atoms with E-state index in [-0.39, 0.29) is 11.6 Å². The Labute approximate surface area is 86.9 Å². The van der Waals surface area contributed by atoms with Gasteiger partial charge in [-0.1, -0.05) is 0 Å². The number of anilines is 1. The number of nitrogens with one attached hydrogen (secondary N) is 1. The Balaban J connectivity index is 2.30. The smallest absolute Gasteiger partial charge is 0.290 e. The second kappa shape index (κ2) is 4.00. The number of aromatic amines is 1. The van der Waals surface area contributed by atoms with Crippen LogP contribution in [0.2, 0.25) is 0 Å². The van der Waals surface area contributed by atoms with Crippen molar-refractivity contribution >= 4 is 17.4 Å². The minimum Gasteiger partial charge on any atom is -0.348 e. The predicted octanol–water partition coefficient (Wildman–Crippen LogP) is 0.978. The van der Waals surface area contributed by atoms with Crippen molar-refractivity contribution in [1.29, 1.82) is 0 Å². The maximum atomic E-state index is 11.5. The van der Waals surface area contributed by atoms with Gasteiger partial charge in [-0.25, -0.2) is 4.98 Å². The first-order chi connectivity index (χ1) is 6.83. The molecule has 1 aromatic rings. The summed E-state index contributed by atoms with van der Waals surface area (Å²) in [4.78, 5) is 20.2. The number of alkyl halides is 1. The molecule has 2 heterocycles. The van der Waals surface area contributed by atoms with Gasteiger partial charge in [0.1, 0.15) is 0 Å². The fraction of sp³-hybridized carbons (Fsp3) is 0.556. The van der Waals surface area contributed by atoms with Crippen LogP contribution in [-0.2, 0) is 0 Å². The molecule has 4 nitrogen and oxygen atoms in total. The number of rotatable bonds is 2. The van der Waals surface area contributed by atoms with Crippen LogP contribution < -0.4 is 10.5 Å². The summed E-state index contributed by atoms with van der Waals surface area (Å²) in [5.74, 6) is 1.05. The van der Waals surface area contributed by atoms with Gasteiger partial charge in [0.05, 0.1) is 0 Å². The van der Waals surface area contributed by atoms with Crippen molar-refractivity contribution in [2.75, 3.05) is 17.3 Å². The molecule has 0 saturated carbocycles. The molecule has 0 amide bonds. The number of hydrogen-bond donors (Lipinski definition) is 1. The highest BCUT2D eigenvalue weighted by molar-refractivity contribution is 6.18. The molecule has 1 saturated heterocycles. The Morgan fingerprint density at radius 1 is 1.71 bits per heavy atom. The van der Waals surface area contributed by atoms with Crippen LogP contribution in [-0.4, -0.2) is 28.4 Å². The number of H-pyrrole nitrogens is 1. The topological polar surface area (TPSA) is 49.0 Å². The van der Waals surface area contributed by atoms with E-state index in [1.807, 2.05) is 4.90 Å². The second-order valence-corrected chi connectivity index (χ2v) is 3.69. The van der Waals surface area contributed by atoms with Crippen molar-refractivity contribution in [3.05, 3.63) is 22.7 Å². The lowest BCUT2D eigenvalue weighted by Crippen LogP contribution is -2.35. The molecule has 1 N–H and O–H groups in total. The van der Waals surface area contributed by atoms with Gasteiger partial charge in [0.2, 0.25) is 0 Å². The summed E-state index contributed by atoms with van der Waals surface area (Å²) in [6, 6.07) is 0.257. The highest BCUT2D eigenvalue weighted by atomic mass is 35.5. The van der Waals surface area contributed by atoms with Crippen LogP contribution in [0.4, 0.5) is 5.82 Å². The quantitative estimate of drug-likeness (QED) is 0.745. The average Bonchev–Trinajstić information content (AvgIpc) is 2.66. The van der Waals surface area contributed by atoms with Gasteiger partial charge in [0.15, 0.2) is 5.82 Å². The van der Waals surface area contributed by atoms with Crippen molar-refractivity contribution < 1.29 is 0 Å². The zero-order chi connectivity index (χ0) is 9.97. The van der Waals surface area contributed by atoms with Crippen molar-refractivity contribution in [1.82, 2.24) is 9.97 Å². The van der Waals surface area contributed by atoms with E-state index in [4.69, 9.17) is 11.6 Å². The first-order valence-corrected chi connectivity index (χ1v) is 5.22. The molecule has 0 aromatic carbocycles. The highest BCUT2D eigenvalue weighted by Crippen LogP contribution is 2.21. The van der Waals surface area contributed by atoms with E-state index in [0.717, 1.165) is 19.4 Å². The molecular weight excluding hydrogens is 202 g/mol. The molecule has 0 spiro atoms. The van der Waals surface area contributed by atoms with Crippen molar-refractivity contribution in [2.24, 2.45) is 0 Å². The largest absolute Gasteiger partial charge is 0.348 e. The van der Waals surface area contributed by atoms with Crippen LogP contribution in [0.3, 0.4) is 0 Å². The van der Waals surface area contributed by atoms with Gasteiger partial charge >= 0.3 is 0 Å². The van der Waals surface area contributed by atoms with E-state index in [1.54, 1.807) is 6.20 Å². The zero-order valence-corrected chi connectivity index (χ0v) is 8.50. The van der Waals surface area contributed by atoms with Gasteiger partial charge in [-0.05, 0) is 12.8 Å². The van der Waals surface area contributed by atoms with Crippen LogP contribution in [0, 0.1) is 0 Å². The minimum atomic E-state index is -0.135. The Kier molecular flexibility index (Phi) is 2.72. The summed E-state index contributed by atoms with van der Waals surface area (Å²) in [6.45, 7) is 0.872. The SMILES string of the molecule is O=c1[nH]ccnc1N1CCCC1CCl. The molecular formula is C9H12ClN3O. The molecule has 1 aliphatic rings. The number of hydrogen-bond acceptors (Lipinski definition) is 3. The molecule has 0 radical (unpaired) electrons. The standard InChI is InChI=1S/C9H12ClN3O/c10-6-7-2-1-5-13(7)8-9(14)12-4-3-11-8/h3-4,7H,1-2,5-6H2,(H,12,14). The summed E-state index contributed by atoms with van der Waals surface area (Å²) in [5, 5.41) is 0. The third-order valence-corrected chi connectivity index (χ3v) is 2.87. The van der Waals surface area contributed by atoms with Crippen molar-refractivity contribution in [3.8, 4) is 0 Å². The van der Waals surface area contributed by atoms with E-state index in [2.05, 4.69) is 9.97 Å². The van der Waals surface area contributed by atoms with E-state index in [1.165, 1.54) is 6.20 Å². The van der Waals surface area contributed by atoms with Gasteiger partial charge in [0, 0.05) is 30.9 Å². The maximum Gasteiger partial charge on any atom is 0.290 e. The second-order valence-electron chi connectivity index (χ2n) is 3.39. The van der Waals surface area contributed by atoms with Crippen LogP contribution in [0.5, 0.6) is 0 Å². The molecule has 1 aromatic heterocycles. The Morgan fingerprint density at radius 3 is 3.29 bits per heavy atom. The summed E-state index contributed by atoms with van der Waals surface area (Å²) in [6.07, 6.45) is 5.25. The van der Waals surface area contributed by atoms with Crippen molar-refractivity contribution in [2.45, 2.75) is 18.9 Å². The van der Waals surface area contributed by atoms with Gasteiger partial charge < -0.3 is 9.88 Å². The van der Waals surface area contributed by atoms with Crippen LogP contribution in [0.1, 0.15) is 12.8 Å². The highest BCUT2D eigenvalue weighted by Gasteiger charge is 2.26. The molecule has 2 rings (SSSR count). The maximum absolute atomic E-state index is 11.5. The molecule has 1 unspecified atom stereocenters. The molecule has 0 bridgehead atoms. The van der Waals surface area contributed by atoms with Crippen LogP contribution in [0.25, 0.3) is 0 Å². The van der Waals surface area contributed by atoms with Gasteiger partial charge in [0.25, 0.3) is 5.56 Å². The van der Waals surface area contributed by atoms with Crippen molar-refractivity contribution in [3.63, 3.8) is 0 Å². The monoisotopic (exact) mass is 213 g/mol. The number of nitrogens with zero attached hydrogens (tertiary/aromatic N) is 2. The molecule has 14 heavy (non-hydrogen) atoms. The fourth-order valence-electron chi connectivity index (χ4n) is 1.82. The predicted molar refractivity (Wildman–Crippen MR) is 55.9 cm³/mol. The third-order valence-electron chi connectivity index (χ3n) is 2.52. The van der Waals surface area contributed by atoms with Gasteiger partial charge in [-0.2, -0.15) is 0 Å². The molecule has 1 atom stereocenters.